The van der Waals surface area contributed by atoms with Gasteiger partial charge in [0.2, 0.25) is 0 Å². The number of hydrogen-bond acceptors (Lipinski definition) is 3. The largest absolute Gasteiger partial charge is 0.390 e. The van der Waals surface area contributed by atoms with Gasteiger partial charge in [0.15, 0.2) is 0 Å². The third-order valence-electron chi connectivity index (χ3n) is 6.14. The van der Waals surface area contributed by atoms with E-state index in [1.165, 1.54) is 22.3 Å². The Bertz CT molecular complexity index is 998. The summed E-state index contributed by atoms with van der Waals surface area (Å²) in [7, 11) is 1.93. The normalized spacial score (nSPS) is 13.5. The minimum Gasteiger partial charge on any atom is -0.390 e. The highest BCUT2D eigenvalue weighted by molar-refractivity contribution is 5.80. The summed E-state index contributed by atoms with van der Waals surface area (Å²) >= 11 is 0. The molecule has 2 aromatic carbocycles. The number of likely N-dealkylation sites (N-methyl/N-ethyl adjacent to an activating group) is 1. The van der Waals surface area contributed by atoms with Gasteiger partial charge in [0.25, 0.3) is 0 Å². The van der Waals surface area contributed by atoms with Gasteiger partial charge in [-0.25, -0.2) is 0 Å². The molecule has 1 aliphatic rings. The van der Waals surface area contributed by atoms with E-state index in [9.17, 15) is 0 Å². The first kappa shape index (κ1) is 22.5. The van der Waals surface area contributed by atoms with E-state index in [1.807, 2.05) is 13.1 Å². The summed E-state index contributed by atoms with van der Waals surface area (Å²) in [6.07, 6.45) is 4.81. The average molecular weight is 414 g/mol. The first-order chi connectivity index (χ1) is 14.9. The standard InChI is InChI=1S/C28H35N3/c1-8-10-11-28(21(5)29-7)31-18-25-17-27(23(9-2)16-26(25)22(31)6)30-20(4)24-14-12-19(3)13-15-24/h8,12-17,28-30H,1,4-6,9-11,18H2,2-3,7H3. The van der Waals surface area contributed by atoms with E-state index in [-0.39, 0.29) is 6.04 Å². The van der Waals surface area contributed by atoms with Crippen molar-refractivity contribution in [1.82, 2.24) is 10.2 Å². The van der Waals surface area contributed by atoms with E-state index >= 15 is 0 Å². The van der Waals surface area contributed by atoms with Gasteiger partial charge in [0.05, 0.1) is 6.04 Å². The van der Waals surface area contributed by atoms with Gasteiger partial charge >= 0.3 is 0 Å². The molecule has 1 atom stereocenters. The molecule has 0 spiro atoms. The molecule has 3 heteroatoms. The van der Waals surface area contributed by atoms with Crippen molar-refractivity contribution in [3.63, 3.8) is 0 Å². The van der Waals surface area contributed by atoms with Crippen LogP contribution in [0.15, 0.2) is 74.5 Å². The van der Waals surface area contributed by atoms with E-state index in [0.29, 0.717) is 0 Å². The second-order valence-corrected chi connectivity index (χ2v) is 8.22. The lowest BCUT2D eigenvalue weighted by Crippen LogP contribution is -2.35. The van der Waals surface area contributed by atoms with Gasteiger partial charge in [-0.05, 0) is 55.0 Å². The zero-order valence-electron chi connectivity index (χ0n) is 19.2. The van der Waals surface area contributed by atoms with E-state index < -0.39 is 0 Å². The molecule has 0 fully saturated rings. The van der Waals surface area contributed by atoms with Crippen LogP contribution in [0.4, 0.5) is 5.69 Å². The number of benzene rings is 2. The summed E-state index contributed by atoms with van der Waals surface area (Å²) in [4.78, 5) is 2.37. The number of anilines is 1. The fourth-order valence-electron chi connectivity index (χ4n) is 4.18. The predicted octanol–water partition coefficient (Wildman–Crippen LogP) is 6.49. The fourth-order valence-corrected chi connectivity index (χ4v) is 4.18. The lowest BCUT2D eigenvalue weighted by molar-refractivity contribution is 0.312. The molecular formula is C28H35N3. The zero-order chi connectivity index (χ0) is 22.5. The molecule has 0 amide bonds. The Kier molecular flexibility index (Phi) is 7.06. The highest BCUT2D eigenvalue weighted by Gasteiger charge is 2.30. The Balaban J connectivity index is 1.88. The second-order valence-electron chi connectivity index (χ2n) is 8.22. The van der Waals surface area contributed by atoms with Gasteiger partial charge in [-0.1, -0.05) is 62.6 Å². The first-order valence-corrected chi connectivity index (χ1v) is 11.0. The molecule has 31 heavy (non-hydrogen) atoms. The van der Waals surface area contributed by atoms with Crippen LogP contribution in [0.5, 0.6) is 0 Å². The van der Waals surface area contributed by atoms with E-state index in [4.69, 9.17) is 0 Å². The first-order valence-electron chi connectivity index (χ1n) is 11.0. The van der Waals surface area contributed by atoms with Crippen molar-refractivity contribution in [3.8, 4) is 0 Å². The van der Waals surface area contributed by atoms with Crippen LogP contribution < -0.4 is 10.6 Å². The van der Waals surface area contributed by atoms with Crippen molar-refractivity contribution in [3.05, 3.63) is 102 Å². The number of fused-ring (bicyclic) bond motifs is 1. The topological polar surface area (TPSA) is 27.3 Å². The summed E-state index contributed by atoms with van der Waals surface area (Å²) in [5.41, 5.74) is 10.3. The maximum Gasteiger partial charge on any atom is 0.0688 e. The molecule has 162 valence electrons. The monoisotopic (exact) mass is 413 g/mol. The summed E-state index contributed by atoms with van der Waals surface area (Å²) in [5.74, 6) is 0. The zero-order valence-corrected chi connectivity index (χ0v) is 19.2. The Morgan fingerprint density at radius 2 is 1.90 bits per heavy atom. The molecule has 3 rings (SSSR count). The van der Waals surface area contributed by atoms with Crippen molar-refractivity contribution in [1.29, 1.82) is 0 Å². The van der Waals surface area contributed by atoms with E-state index in [2.05, 4.69) is 92.1 Å². The smallest absolute Gasteiger partial charge is 0.0688 e. The van der Waals surface area contributed by atoms with Crippen molar-refractivity contribution >= 4 is 17.1 Å². The van der Waals surface area contributed by atoms with Crippen LogP contribution in [0.25, 0.3) is 11.4 Å². The summed E-state index contributed by atoms with van der Waals surface area (Å²) < 4.78 is 0. The van der Waals surface area contributed by atoms with Crippen LogP contribution in [0.2, 0.25) is 0 Å². The fraction of sp³-hybridized carbons (Fsp3) is 0.286. The molecule has 0 saturated heterocycles. The summed E-state index contributed by atoms with van der Waals surface area (Å²) in [5, 5.41) is 6.81. The summed E-state index contributed by atoms with van der Waals surface area (Å²) in [6, 6.07) is 13.2. The Morgan fingerprint density at radius 1 is 1.19 bits per heavy atom. The van der Waals surface area contributed by atoms with Crippen molar-refractivity contribution in [2.75, 3.05) is 12.4 Å². The average Bonchev–Trinajstić information content (AvgIpc) is 3.08. The van der Waals surface area contributed by atoms with Crippen LogP contribution in [0.1, 0.15) is 47.6 Å². The van der Waals surface area contributed by atoms with Gasteiger partial charge in [0.1, 0.15) is 0 Å². The van der Waals surface area contributed by atoms with Gasteiger partial charge in [-0.15, -0.1) is 6.58 Å². The Hall–Kier alpha value is -3.20. The maximum absolute atomic E-state index is 4.44. The SMILES string of the molecule is C=CCCC(C(=C)NC)N1Cc2cc(NC(=C)c3ccc(C)cc3)c(CC)cc2C1=C. The maximum atomic E-state index is 4.44. The number of nitrogens with zero attached hydrogens (tertiary/aromatic N) is 1. The van der Waals surface area contributed by atoms with Gasteiger partial charge in [0, 0.05) is 41.9 Å². The molecule has 2 N–H and O–H groups in total. The highest BCUT2D eigenvalue weighted by atomic mass is 15.2. The lowest BCUT2D eigenvalue weighted by Gasteiger charge is -2.32. The number of allylic oxidation sites excluding steroid dienone is 1. The van der Waals surface area contributed by atoms with Crippen LogP contribution >= 0.6 is 0 Å². The van der Waals surface area contributed by atoms with Crippen LogP contribution in [-0.2, 0) is 13.0 Å². The number of rotatable bonds is 10. The van der Waals surface area contributed by atoms with Gasteiger partial charge in [-0.2, -0.15) is 0 Å². The molecule has 0 saturated carbocycles. The molecule has 0 aromatic heterocycles. The molecular weight excluding hydrogens is 378 g/mol. The second kappa shape index (κ2) is 9.74. The van der Waals surface area contributed by atoms with Crippen molar-refractivity contribution in [2.45, 2.75) is 45.7 Å². The highest BCUT2D eigenvalue weighted by Crippen LogP contribution is 2.39. The number of aryl methyl sites for hydroxylation is 2. The van der Waals surface area contributed by atoms with Gasteiger partial charge in [-0.3, -0.25) is 0 Å². The third-order valence-corrected chi connectivity index (χ3v) is 6.14. The molecule has 0 bridgehead atoms. The number of nitrogens with one attached hydrogen (secondary N) is 2. The lowest BCUT2D eigenvalue weighted by atomic mass is 10.0. The minimum atomic E-state index is 0.187. The number of hydrogen-bond donors (Lipinski definition) is 2. The van der Waals surface area contributed by atoms with Crippen LogP contribution in [-0.4, -0.2) is 18.0 Å². The Morgan fingerprint density at radius 3 is 2.52 bits per heavy atom. The molecule has 3 nitrogen and oxygen atoms in total. The van der Waals surface area contributed by atoms with Crippen molar-refractivity contribution < 1.29 is 0 Å². The quantitative estimate of drug-likeness (QED) is 0.436. The summed E-state index contributed by atoms with van der Waals surface area (Å²) in [6.45, 7) is 22.0. The Labute approximate surface area is 187 Å². The van der Waals surface area contributed by atoms with Gasteiger partial charge < -0.3 is 15.5 Å². The molecule has 0 radical (unpaired) electrons. The molecule has 2 aromatic rings. The minimum absolute atomic E-state index is 0.187. The molecule has 1 heterocycles. The van der Waals surface area contributed by atoms with Crippen LogP contribution in [0, 0.1) is 6.92 Å². The van der Waals surface area contributed by atoms with E-state index in [1.54, 1.807) is 0 Å². The molecule has 1 unspecified atom stereocenters. The van der Waals surface area contributed by atoms with E-state index in [0.717, 1.165) is 54.1 Å². The molecule has 0 aliphatic carbocycles. The predicted molar refractivity (Wildman–Crippen MR) is 136 cm³/mol. The van der Waals surface area contributed by atoms with Crippen LogP contribution in [0.3, 0.4) is 0 Å². The molecule has 1 aliphatic heterocycles. The third kappa shape index (κ3) is 4.77. The van der Waals surface area contributed by atoms with Crippen molar-refractivity contribution in [2.24, 2.45) is 0 Å².